The fraction of sp³-hybridized carbons (Fsp3) is 1.00. The summed E-state index contributed by atoms with van der Waals surface area (Å²) in [7, 11) is -0.944. The normalized spacial score (nSPS) is 33.7. The van der Waals surface area contributed by atoms with Crippen LogP contribution in [-0.4, -0.2) is 36.4 Å². The van der Waals surface area contributed by atoms with Gasteiger partial charge in [0.2, 0.25) is 0 Å². The van der Waals surface area contributed by atoms with E-state index in [-0.39, 0.29) is 22.4 Å². The van der Waals surface area contributed by atoms with Gasteiger partial charge in [0.1, 0.15) is 0 Å². The van der Waals surface area contributed by atoms with E-state index in [1.165, 1.54) is 0 Å². The summed E-state index contributed by atoms with van der Waals surface area (Å²) >= 11 is 0. The number of hydrogen-bond acceptors (Lipinski definition) is 4. The molecular formula is C15H30B2O4. The van der Waals surface area contributed by atoms with E-state index in [4.69, 9.17) is 18.6 Å². The molecule has 1 atom stereocenters. The molecule has 0 radical (unpaired) electrons. The van der Waals surface area contributed by atoms with Crippen molar-refractivity contribution in [2.45, 2.75) is 97.1 Å². The van der Waals surface area contributed by atoms with Crippen LogP contribution < -0.4 is 0 Å². The number of unbranched alkanes of at least 4 members (excludes halogenated alkanes) is 1. The molecule has 2 saturated heterocycles. The Morgan fingerprint density at radius 3 is 1.57 bits per heavy atom. The Balaban J connectivity index is 2.11. The predicted molar refractivity (Wildman–Crippen MR) is 86.0 cm³/mol. The molecule has 2 fully saturated rings. The van der Waals surface area contributed by atoms with Gasteiger partial charge in [-0.3, -0.25) is 0 Å². The lowest BCUT2D eigenvalue weighted by molar-refractivity contribution is -0.0169. The molecule has 0 saturated carbocycles. The highest BCUT2D eigenvalue weighted by atomic mass is 16.7. The standard InChI is InChI=1S/C15H30B2O4/c1-9-10-11-15(8)14(6,7)20-17(21-15)16-18-12(2,3)13(4,5)19-16/h9-11H2,1-8H3. The third-order valence-corrected chi connectivity index (χ3v) is 5.56. The number of hydrogen-bond donors (Lipinski definition) is 0. The molecule has 120 valence electrons. The quantitative estimate of drug-likeness (QED) is 0.745. The molecule has 0 aromatic heterocycles. The second-order valence-corrected chi connectivity index (χ2v) is 8.07. The predicted octanol–water partition coefficient (Wildman–Crippen LogP) is 3.42. The van der Waals surface area contributed by atoms with E-state index < -0.39 is 14.0 Å². The van der Waals surface area contributed by atoms with Crippen molar-refractivity contribution in [2.75, 3.05) is 0 Å². The van der Waals surface area contributed by atoms with Gasteiger partial charge in [0.05, 0.1) is 22.4 Å². The lowest BCUT2D eigenvalue weighted by Crippen LogP contribution is -2.44. The molecule has 0 aromatic rings. The molecule has 1 unspecified atom stereocenters. The third kappa shape index (κ3) is 2.92. The Kier molecular flexibility index (Phi) is 4.34. The molecule has 2 aliphatic rings. The highest BCUT2D eigenvalue weighted by molar-refractivity contribution is 7.11. The second-order valence-electron chi connectivity index (χ2n) is 8.07. The van der Waals surface area contributed by atoms with Crippen molar-refractivity contribution in [3.63, 3.8) is 0 Å². The van der Waals surface area contributed by atoms with Gasteiger partial charge in [-0.2, -0.15) is 0 Å². The molecule has 0 bridgehead atoms. The minimum absolute atomic E-state index is 0.308. The van der Waals surface area contributed by atoms with Crippen LogP contribution in [0.25, 0.3) is 0 Å². The highest BCUT2D eigenvalue weighted by Crippen LogP contribution is 2.44. The first-order valence-corrected chi connectivity index (χ1v) is 8.15. The van der Waals surface area contributed by atoms with Gasteiger partial charge in [-0.25, -0.2) is 0 Å². The summed E-state index contributed by atoms with van der Waals surface area (Å²) in [6, 6.07) is 0. The molecule has 0 aliphatic carbocycles. The van der Waals surface area contributed by atoms with Crippen LogP contribution in [0.1, 0.15) is 74.7 Å². The SMILES string of the molecule is CCCCC1(C)OB(B2OC(C)(C)C(C)(C)O2)OC1(C)C. The molecule has 0 spiro atoms. The lowest BCUT2D eigenvalue weighted by Gasteiger charge is -2.36. The summed E-state index contributed by atoms with van der Waals surface area (Å²) in [5.74, 6) is 0. The van der Waals surface area contributed by atoms with E-state index in [1.54, 1.807) is 0 Å². The van der Waals surface area contributed by atoms with E-state index in [0.717, 1.165) is 19.3 Å². The van der Waals surface area contributed by atoms with Crippen molar-refractivity contribution in [3.05, 3.63) is 0 Å². The molecule has 0 aromatic carbocycles. The first kappa shape index (κ1) is 17.3. The average Bonchev–Trinajstić information content (AvgIpc) is 2.68. The zero-order valence-corrected chi connectivity index (χ0v) is 14.9. The summed E-state index contributed by atoms with van der Waals surface area (Å²) < 4.78 is 24.6. The van der Waals surface area contributed by atoms with Gasteiger partial charge in [0.15, 0.2) is 0 Å². The van der Waals surface area contributed by atoms with Crippen molar-refractivity contribution < 1.29 is 18.6 Å². The largest absolute Gasteiger partial charge is 0.488 e. The first-order valence-electron chi connectivity index (χ1n) is 8.15. The number of rotatable bonds is 4. The molecule has 2 aliphatic heterocycles. The van der Waals surface area contributed by atoms with Gasteiger partial charge in [-0.05, 0) is 54.9 Å². The lowest BCUT2D eigenvalue weighted by atomic mass is 9.49. The van der Waals surface area contributed by atoms with Gasteiger partial charge in [-0.15, -0.1) is 0 Å². The van der Waals surface area contributed by atoms with Crippen LogP contribution in [0, 0.1) is 0 Å². The average molecular weight is 296 g/mol. The Bertz CT molecular complexity index is 381. The van der Waals surface area contributed by atoms with Crippen molar-refractivity contribution in [2.24, 2.45) is 0 Å². The van der Waals surface area contributed by atoms with Crippen molar-refractivity contribution in [3.8, 4) is 0 Å². The monoisotopic (exact) mass is 296 g/mol. The Morgan fingerprint density at radius 2 is 1.10 bits per heavy atom. The second kappa shape index (κ2) is 5.26. The maximum atomic E-state index is 6.26. The summed E-state index contributed by atoms with van der Waals surface area (Å²) in [5, 5.41) is 0. The van der Waals surface area contributed by atoms with E-state index >= 15 is 0 Å². The minimum atomic E-state index is -0.474. The first-order chi connectivity index (χ1) is 9.44. The maximum absolute atomic E-state index is 6.26. The zero-order chi connectivity index (χ0) is 16.1. The third-order valence-electron chi connectivity index (χ3n) is 5.56. The Labute approximate surface area is 130 Å². The van der Waals surface area contributed by atoms with Crippen LogP contribution >= 0.6 is 0 Å². The molecular weight excluding hydrogens is 266 g/mol. The fourth-order valence-corrected chi connectivity index (χ4v) is 2.82. The molecule has 2 heterocycles. The van der Waals surface area contributed by atoms with Crippen LogP contribution in [0.4, 0.5) is 0 Å². The molecule has 2 rings (SSSR count). The van der Waals surface area contributed by atoms with Crippen LogP contribution in [-0.2, 0) is 18.6 Å². The summed E-state index contributed by atoms with van der Waals surface area (Å²) in [6.45, 7) is 16.7. The molecule has 6 heteroatoms. The van der Waals surface area contributed by atoms with Crippen LogP contribution in [0.3, 0.4) is 0 Å². The summed E-state index contributed by atoms with van der Waals surface area (Å²) in [4.78, 5) is 0. The summed E-state index contributed by atoms with van der Waals surface area (Å²) in [5.41, 5.74) is -1.39. The molecule has 0 N–H and O–H groups in total. The van der Waals surface area contributed by atoms with Gasteiger partial charge in [0, 0.05) is 0 Å². The van der Waals surface area contributed by atoms with Gasteiger partial charge in [-0.1, -0.05) is 19.8 Å². The van der Waals surface area contributed by atoms with E-state index in [0.29, 0.717) is 0 Å². The maximum Gasteiger partial charge on any atom is 0.488 e. The van der Waals surface area contributed by atoms with E-state index in [2.05, 4.69) is 27.7 Å². The van der Waals surface area contributed by atoms with Gasteiger partial charge >= 0.3 is 14.0 Å². The molecule has 4 nitrogen and oxygen atoms in total. The minimum Gasteiger partial charge on any atom is -0.405 e. The van der Waals surface area contributed by atoms with E-state index in [1.807, 2.05) is 27.7 Å². The van der Waals surface area contributed by atoms with Crippen LogP contribution in [0.2, 0.25) is 0 Å². The Hall–Kier alpha value is -0.0301. The highest BCUT2D eigenvalue weighted by Gasteiger charge is 2.64. The van der Waals surface area contributed by atoms with Gasteiger partial charge < -0.3 is 18.6 Å². The zero-order valence-electron chi connectivity index (χ0n) is 14.9. The fourth-order valence-electron chi connectivity index (χ4n) is 2.82. The molecule has 0 amide bonds. The van der Waals surface area contributed by atoms with Crippen molar-refractivity contribution >= 4 is 14.0 Å². The van der Waals surface area contributed by atoms with Crippen LogP contribution in [0.15, 0.2) is 0 Å². The van der Waals surface area contributed by atoms with Crippen molar-refractivity contribution in [1.82, 2.24) is 0 Å². The van der Waals surface area contributed by atoms with Gasteiger partial charge in [0.25, 0.3) is 0 Å². The Morgan fingerprint density at radius 1 is 0.667 bits per heavy atom. The van der Waals surface area contributed by atoms with E-state index in [9.17, 15) is 0 Å². The van der Waals surface area contributed by atoms with Crippen molar-refractivity contribution in [1.29, 1.82) is 0 Å². The van der Waals surface area contributed by atoms with Crippen LogP contribution in [0.5, 0.6) is 0 Å². The summed E-state index contributed by atoms with van der Waals surface area (Å²) in [6.07, 6.45) is 3.25. The smallest absolute Gasteiger partial charge is 0.405 e. The molecule has 21 heavy (non-hydrogen) atoms. The topological polar surface area (TPSA) is 36.9 Å².